The molecule has 0 saturated carbocycles. The van der Waals surface area contributed by atoms with Crippen molar-refractivity contribution < 1.29 is 4.79 Å². The van der Waals surface area contributed by atoms with Gasteiger partial charge in [-0.2, -0.15) is 5.10 Å². The fourth-order valence-electron chi connectivity index (χ4n) is 1.56. The molecule has 0 unspecified atom stereocenters. The van der Waals surface area contributed by atoms with Crippen LogP contribution in [0.15, 0.2) is 18.6 Å². The lowest BCUT2D eigenvalue weighted by atomic mass is 10.2. The van der Waals surface area contributed by atoms with E-state index < -0.39 is 5.91 Å². The third kappa shape index (κ3) is 1.82. The molecule has 2 aromatic heterocycles. The number of carbonyl (C=O) groups is 1. The van der Waals surface area contributed by atoms with Gasteiger partial charge in [-0.15, -0.1) is 0 Å². The summed E-state index contributed by atoms with van der Waals surface area (Å²) < 4.78 is 1.50. The van der Waals surface area contributed by atoms with Crippen LogP contribution in [0.1, 0.15) is 17.3 Å². The molecule has 4 N–H and O–H groups in total. The van der Waals surface area contributed by atoms with E-state index in [0.717, 1.165) is 0 Å². The van der Waals surface area contributed by atoms with Gasteiger partial charge in [-0.3, -0.25) is 14.8 Å². The number of hydrogen-bond donors (Lipinski definition) is 2. The molecule has 0 aliphatic heterocycles. The SMILES string of the molecule is CCn1nc(-c2cnccn2)c(C(N)=O)c1N. The first-order valence-corrected chi connectivity index (χ1v) is 5.07. The van der Waals surface area contributed by atoms with Gasteiger partial charge in [-0.1, -0.05) is 0 Å². The Bertz CT molecular complexity index is 547. The third-order valence-corrected chi connectivity index (χ3v) is 2.34. The summed E-state index contributed by atoms with van der Waals surface area (Å²) in [5, 5.41) is 4.21. The van der Waals surface area contributed by atoms with Crippen LogP contribution in [0.2, 0.25) is 0 Å². The van der Waals surface area contributed by atoms with Crippen LogP contribution in [-0.4, -0.2) is 25.7 Å². The average molecular weight is 232 g/mol. The molecule has 1 amide bonds. The lowest BCUT2D eigenvalue weighted by Crippen LogP contribution is -2.14. The summed E-state index contributed by atoms with van der Waals surface area (Å²) in [6.45, 7) is 2.42. The molecule has 17 heavy (non-hydrogen) atoms. The normalized spacial score (nSPS) is 10.4. The maximum atomic E-state index is 11.4. The van der Waals surface area contributed by atoms with E-state index in [4.69, 9.17) is 11.5 Å². The van der Waals surface area contributed by atoms with Crippen molar-refractivity contribution in [3.8, 4) is 11.4 Å². The minimum absolute atomic E-state index is 0.187. The second kappa shape index (κ2) is 4.20. The maximum Gasteiger partial charge on any atom is 0.254 e. The van der Waals surface area contributed by atoms with Crippen molar-refractivity contribution in [3.05, 3.63) is 24.2 Å². The number of nitrogens with two attached hydrogens (primary N) is 2. The number of hydrogen-bond acceptors (Lipinski definition) is 5. The molecule has 7 heteroatoms. The van der Waals surface area contributed by atoms with Crippen LogP contribution in [0.5, 0.6) is 0 Å². The van der Waals surface area contributed by atoms with Crippen LogP contribution < -0.4 is 11.5 Å². The predicted octanol–water partition coefficient (Wildman–Crippen LogP) is 0.0411. The van der Waals surface area contributed by atoms with Crippen LogP contribution in [0.25, 0.3) is 11.4 Å². The molecular formula is C10H12N6O. The second-order valence-corrected chi connectivity index (χ2v) is 3.38. The number of nitrogens with zero attached hydrogens (tertiary/aromatic N) is 4. The highest BCUT2D eigenvalue weighted by Crippen LogP contribution is 2.24. The van der Waals surface area contributed by atoms with E-state index >= 15 is 0 Å². The zero-order valence-electron chi connectivity index (χ0n) is 9.29. The van der Waals surface area contributed by atoms with E-state index in [1.165, 1.54) is 23.3 Å². The number of anilines is 1. The number of aryl methyl sites for hydroxylation is 1. The van der Waals surface area contributed by atoms with Gasteiger partial charge >= 0.3 is 0 Å². The number of amides is 1. The highest BCUT2D eigenvalue weighted by molar-refractivity contribution is 6.02. The maximum absolute atomic E-state index is 11.4. The third-order valence-electron chi connectivity index (χ3n) is 2.34. The summed E-state index contributed by atoms with van der Waals surface area (Å²) in [6.07, 6.45) is 4.56. The summed E-state index contributed by atoms with van der Waals surface area (Å²) >= 11 is 0. The Morgan fingerprint density at radius 1 is 1.47 bits per heavy atom. The van der Waals surface area contributed by atoms with E-state index in [1.807, 2.05) is 6.92 Å². The molecule has 0 aliphatic rings. The second-order valence-electron chi connectivity index (χ2n) is 3.38. The van der Waals surface area contributed by atoms with Crippen molar-refractivity contribution >= 4 is 11.7 Å². The number of nitrogen functional groups attached to an aromatic ring is 1. The van der Waals surface area contributed by atoms with Crippen LogP contribution in [0.4, 0.5) is 5.82 Å². The van der Waals surface area contributed by atoms with Crippen molar-refractivity contribution in [2.75, 3.05) is 5.73 Å². The average Bonchev–Trinajstić information content (AvgIpc) is 2.67. The zero-order chi connectivity index (χ0) is 12.4. The summed E-state index contributed by atoms with van der Waals surface area (Å²) in [4.78, 5) is 19.4. The lowest BCUT2D eigenvalue weighted by Gasteiger charge is -1.98. The monoisotopic (exact) mass is 232 g/mol. The largest absolute Gasteiger partial charge is 0.383 e. The number of rotatable bonds is 3. The van der Waals surface area contributed by atoms with Gasteiger partial charge in [-0.05, 0) is 6.92 Å². The highest BCUT2D eigenvalue weighted by Gasteiger charge is 2.21. The van der Waals surface area contributed by atoms with Crippen LogP contribution in [0.3, 0.4) is 0 Å². The first kappa shape index (κ1) is 11.1. The molecule has 0 radical (unpaired) electrons. The Kier molecular flexibility index (Phi) is 2.73. The number of primary amides is 1. The molecule has 0 atom stereocenters. The standard InChI is InChI=1S/C10H12N6O/c1-2-16-9(11)7(10(12)17)8(15-16)6-5-13-3-4-14-6/h3-5H,2,11H2,1H3,(H2,12,17). The summed E-state index contributed by atoms with van der Waals surface area (Å²) in [7, 11) is 0. The van der Waals surface area contributed by atoms with Crippen LogP contribution in [0, 0.1) is 0 Å². The van der Waals surface area contributed by atoms with Gasteiger partial charge in [0.15, 0.2) is 0 Å². The zero-order valence-corrected chi connectivity index (χ0v) is 9.29. The molecule has 7 nitrogen and oxygen atoms in total. The summed E-state index contributed by atoms with van der Waals surface area (Å²) in [5.41, 5.74) is 12.1. The fraction of sp³-hybridized carbons (Fsp3) is 0.200. The first-order chi connectivity index (χ1) is 8.15. The molecule has 0 saturated heterocycles. The Morgan fingerprint density at radius 2 is 2.24 bits per heavy atom. The van der Waals surface area contributed by atoms with Gasteiger partial charge in [0.1, 0.15) is 22.8 Å². The van der Waals surface area contributed by atoms with Crippen molar-refractivity contribution in [3.63, 3.8) is 0 Å². The van der Waals surface area contributed by atoms with Crippen LogP contribution in [-0.2, 0) is 6.54 Å². The van der Waals surface area contributed by atoms with Crippen molar-refractivity contribution in [2.24, 2.45) is 5.73 Å². The predicted molar refractivity (Wildman–Crippen MR) is 61.9 cm³/mol. The molecular weight excluding hydrogens is 220 g/mol. The van der Waals surface area contributed by atoms with Gasteiger partial charge in [-0.25, -0.2) is 4.68 Å². The summed E-state index contributed by atoms with van der Waals surface area (Å²) in [5.74, 6) is -0.372. The molecule has 2 heterocycles. The van der Waals surface area contributed by atoms with Crippen LogP contribution >= 0.6 is 0 Å². The molecule has 0 bridgehead atoms. The van der Waals surface area contributed by atoms with E-state index in [1.54, 1.807) is 0 Å². The van der Waals surface area contributed by atoms with Gasteiger partial charge in [0.2, 0.25) is 0 Å². The molecule has 88 valence electrons. The molecule has 0 fully saturated rings. The minimum Gasteiger partial charge on any atom is -0.383 e. The van der Waals surface area contributed by atoms with Gasteiger partial charge in [0.05, 0.1) is 6.20 Å². The first-order valence-electron chi connectivity index (χ1n) is 5.07. The van der Waals surface area contributed by atoms with Crippen molar-refractivity contribution in [1.82, 2.24) is 19.7 Å². The minimum atomic E-state index is -0.622. The van der Waals surface area contributed by atoms with E-state index in [9.17, 15) is 4.79 Å². The number of carbonyl (C=O) groups excluding carboxylic acids is 1. The molecule has 0 aliphatic carbocycles. The van der Waals surface area contributed by atoms with Gasteiger partial charge in [0.25, 0.3) is 5.91 Å². The summed E-state index contributed by atoms with van der Waals surface area (Å²) in [6, 6.07) is 0. The topological polar surface area (TPSA) is 113 Å². The Hall–Kier alpha value is -2.44. The smallest absolute Gasteiger partial charge is 0.254 e. The lowest BCUT2D eigenvalue weighted by molar-refractivity contribution is 0.100. The molecule has 2 aromatic rings. The molecule has 0 spiro atoms. The van der Waals surface area contributed by atoms with Gasteiger partial charge in [0, 0.05) is 18.9 Å². The van der Waals surface area contributed by atoms with Gasteiger partial charge < -0.3 is 11.5 Å². The van der Waals surface area contributed by atoms with E-state index in [-0.39, 0.29) is 11.4 Å². The number of aromatic nitrogens is 4. The molecule has 0 aromatic carbocycles. The molecule has 2 rings (SSSR count). The van der Waals surface area contributed by atoms with Crippen molar-refractivity contribution in [1.29, 1.82) is 0 Å². The van der Waals surface area contributed by atoms with E-state index in [2.05, 4.69) is 15.1 Å². The van der Waals surface area contributed by atoms with Crippen molar-refractivity contribution in [2.45, 2.75) is 13.5 Å². The fourth-order valence-corrected chi connectivity index (χ4v) is 1.56. The quantitative estimate of drug-likeness (QED) is 0.775. The Morgan fingerprint density at radius 3 is 2.76 bits per heavy atom. The van der Waals surface area contributed by atoms with E-state index in [0.29, 0.717) is 17.9 Å². The Balaban J connectivity index is 2.65. The highest BCUT2D eigenvalue weighted by atomic mass is 16.1. The Labute approximate surface area is 97.5 Å².